The summed E-state index contributed by atoms with van der Waals surface area (Å²) in [7, 11) is -5.80. The van der Waals surface area contributed by atoms with Gasteiger partial charge in [0.25, 0.3) is 5.91 Å². The highest BCUT2D eigenvalue weighted by Gasteiger charge is 2.50. The number of halogens is 3. The van der Waals surface area contributed by atoms with E-state index >= 15 is 0 Å². The Hall–Kier alpha value is -4.19. The molecule has 0 spiro atoms. The summed E-state index contributed by atoms with van der Waals surface area (Å²) in [6.07, 6.45) is 3.14. The maximum absolute atomic E-state index is 14.3. The standard InChI is InChI=1S/C33H34F3N6O7PS2/c34-20-4-1-17(2-5-20)27-16-39-31(52-27)22(7-10-28(37)43)40-29(44)24-8-6-21-11-12-38-15-23(32(46)42(21)24)41-30(45)26-14-18-13-19(3-9-25(18)51-26)33(35,36)50(47,48)49/h1-5,9,13-14,16,21-24,38H,6-8,10-12,15H2,(H2,37,43)(H,40,44)(H,41,45)(H2,47,48,49)/t21-,22?,23+,24+/m1/s1. The Morgan fingerprint density at radius 3 is 2.56 bits per heavy atom. The minimum Gasteiger partial charge on any atom is -0.370 e. The quantitative estimate of drug-likeness (QED) is 0.122. The van der Waals surface area contributed by atoms with Crippen molar-refractivity contribution in [2.24, 2.45) is 5.73 Å². The van der Waals surface area contributed by atoms with Gasteiger partial charge in [-0.1, -0.05) is 18.2 Å². The number of carbonyl (C=O) groups is 4. The summed E-state index contributed by atoms with van der Waals surface area (Å²) in [6.45, 7) is 0.555. The van der Waals surface area contributed by atoms with E-state index in [1.54, 1.807) is 18.3 Å². The molecule has 2 fully saturated rings. The minimum atomic E-state index is -5.80. The Kier molecular flexibility index (Phi) is 10.9. The number of primary amides is 1. The molecule has 1 unspecified atom stereocenters. The second-order valence-corrected chi connectivity index (χ2v) is 16.4. The number of nitrogens with two attached hydrogens (primary N) is 1. The molecule has 4 atom stereocenters. The maximum atomic E-state index is 14.3. The largest absolute Gasteiger partial charge is 0.399 e. The lowest BCUT2D eigenvalue weighted by molar-refractivity contribution is -0.142. The highest BCUT2D eigenvalue weighted by molar-refractivity contribution is 7.52. The first kappa shape index (κ1) is 37.6. The van der Waals surface area contributed by atoms with Crippen LogP contribution in [0.1, 0.15) is 58.4 Å². The zero-order valence-electron chi connectivity index (χ0n) is 27.3. The van der Waals surface area contributed by atoms with Crippen molar-refractivity contribution in [3.63, 3.8) is 0 Å². The Balaban J connectivity index is 1.19. The molecule has 13 nitrogen and oxygen atoms in total. The van der Waals surface area contributed by atoms with E-state index in [1.807, 2.05) is 0 Å². The number of hydrogen-bond donors (Lipinski definition) is 6. The Morgan fingerprint density at radius 2 is 1.85 bits per heavy atom. The third-order valence-electron chi connectivity index (χ3n) is 9.07. The van der Waals surface area contributed by atoms with Crippen molar-refractivity contribution in [1.29, 1.82) is 0 Å². The van der Waals surface area contributed by atoms with E-state index in [-0.39, 0.29) is 35.7 Å². The van der Waals surface area contributed by atoms with Crippen LogP contribution in [-0.2, 0) is 24.6 Å². The van der Waals surface area contributed by atoms with Gasteiger partial charge in [0.2, 0.25) is 17.7 Å². The topological polar surface area (TPSA) is 204 Å². The van der Waals surface area contributed by atoms with Crippen molar-refractivity contribution >= 4 is 64.0 Å². The summed E-state index contributed by atoms with van der Waals surface area (Å²) in [4.78, 5) is 78.1. The zero-order valence-corrected chi connectivity index (χ0v) is 29.8. The molecule has 276 valence electrons. The van der Waals surface area contributed by atoms with Gasteiger partial charge in [-0.2, -0.15) is 8.78 Å². The summed E-state index contributed by atoms with van der Waals surface area (Å²) in [5.41, 5.74) is 0.819. The van der Waals surface area contributed by atoms with Crippen molar-refractivity contribution in [2.75, 3.05) is 13.1 Å². The predicted molar refractivity (Wildman–Crippen MR) is 187 cm³/mol. The van der Waals surface area contributed by atoms with Gasteiger partial charge in [0.1, 0.15) is 22.9 Å². The number of amides is 4. The molecule has 0 bridgehead atoms. The van der Waals surface area contributed by atoms with Crippen LogP contribution in [0.25, 0.3) is 20.5 Å². The number of nitrogens with one attached hydrogen (secondary N) is 3. The smallest absolute Gasteiger partial charge is 0.370 e. The van der Waals surface area contributed by atoms with E-state index in [0.717, 1.165) is 33.9 Å². The fraction of sp³-hybridized carbons (Fsp3) is 0.364. The molecular formula is C33H34F3N6O7PS2. The summed E-state index contributed by atoms with van der Waals surface area (Å²) in [6, 6.07) is 7.20. The predicted octanol–water partition coefficient (Wildman–Crippen LogP) is 3.97. The van der Waals surface area contributed by atoms with Gasteiger partial charge in [0, 0.05) is 35.5 Å². The van der Waals surface area contributed by atoms with Crippen LogP contribution in [0.4, 0.5) is 13.2 Å². The van der Waals surface area contributed by atoms with E-state index in [2.05, 4.69) is 20.9 Å². The second-order valence-electron chi connectivity index (χ2n) is 12.6. The van der Waals surface area contributed by atoms with Gasteiger partial charge in [0.05, 0.1) is 15.8 Å². The first-order valence-electron chi connectivity index (χ1n) is 16.2. The van der Waals surface area contributed by atoms with Gasteiger partial charge in [0.15, 0.2) is 0 Å². The lowest BCUT2D eigenvalue weighted by atomic mass is 10.1. The Labute approximate surface area is 302 Å². The molecule has 0 aliphatic carbocycles. The van der Waals surface area contributed by atoms with E-state index in [9.17, 15) is 36.9 Å². The molecule has 4 amide bonds. The van der Waals surface area contributed by atoms with E-state index in [0.29, 0.717) is 35.5 Å². The van der Waals surface area contributed by atoms with Crippen molar-refractivity contribution in [1.82, 2.24) is 25.8 Å². The normalized spacial score (nSPS) is 20.2. The highest BCUT2D eigenvalue weighted by atomic mass is 32.1. The number of aromatic nitrogens is 1. The molecule has 2 aliphatic heterocycles. The van der Waals surface area contributed by atoms with Gasteiger partial charge in [-0.25, -0.2) is 9.37 Å². The molecule has 6 rings (SSSR count). The average Bonchev–Trinajstić information content (AvgIpc) is 3.85. The second kappa shape index (κ2) is 15.0. The number of nitrogens with zero attached hydrogens (tertiary/aromatic N) is 2. The van der Waals surface area contributed by atoms with Crippen LogP contribution >= 0.6 is 30.3 Å². The number of carbonyl (C=O) groups excluding carboxylic acids is 4. The molecule has 2 saturated heterocycles. The molecule has 7 N–H and O–H groups in total. The van der Waals surface area contributed by atoms with Crippen LogP contribution in [0, 0.1) is 5.82 Å². The number of rotatable bonds is 11. The maximum Gasteiger partial charge on any atom is 0.399 e. The molecule has 2 aromatic heterocycles. The molecule has 0 radical (unpaired) electrons. The van der Waals surface area contributed by atoms with Crippen LogP contribution in [0.5, 0.6) is 0 Å². The fourth-order valence-corrected chi connectivity index (χ4v) is 8.83. The molecule has 0 saturated carbocycles. The number of hydrogen-bond acceptors (Lipinski definition) is 9. The van der Waals surface area contributed by atoms with Crippen LogP contribution in [0.15, 0.2) is 54.7 Å². The highest BCUT2D eigenvalue weighted by Crippen LogP contribution is 2.59. The first-order valence-corrected chi connectivity index (χ1v) is 19.5. The minimum absolute atomic E-state index is 0.0444. The van der Waals surface area contributed by atoms with Gasteiger partial charge < -0.3 is 36.4 Å². The van der Waals surface area contributed by atoms with E-state index < -0.39 is 66.4 Å². The number of benzene rings is 2. The first-order chi connectivity index (χ1) is 24.6. The van der Waals surface area contributed by atoms with Crippen molar-refractivity contribution in [3.8, 4) is 10.4 Å². The van der Waals surface area contributed by atoms with Crippen LogP contribution < -0.4 is 21.7 Å². The fourth-order valence-electron chi connectivity index (χ4n) is 6.40. The lowest BCUT2D eigenvalue weighted by Gasteiger charge is -2.35. The monoisotopic (exact) mass is 778 g/mol. The van der Waals surface area contributed by atoms with Crippen LogP contribution in [0.2, 0.25) is 0 Å². The number of fused-ring (bicyclic) bond motifs is 2. The van der Waals surface area contributed by atoms with E-state index in [4.69, 9.17) is 15.5 Å². The van der Waals surface area contributed by atoms with Crippen LogP contribution in [0.3, 0.4) is 0 Å². The number of thiophene rings is 1. The van der Waals surface area contributed by atoms with Crippen LogP contribution in [-0.4, -0.2) is 74.5 Å². The summed E-state index contributed by atoms with van der Waals surface area (Å²) in [5.74, 6) is -2.59. The van der Waals surface area contributed by atoms with Gasteiger partial charge in [-0.15, -0.1) is 22.7 Å². The summed E-state index contributed by atoms with van der Waals surface area (Å²) < 4.78 is 53.9. The molecule has 2 aromatic carbocycles. The zero-order chi connectivity index (χ0) is 37.4. The van der Waals surface area contributed by atoms with Crippen molar-refractivity contribution in [2.45, 2.75) is 61.9 Å². The third-order valence-corrected chi connectivity index (χ3v) is 12.3. The third kappa shape index (κ3) is 7.91. The Bertz CT molecular complexity index is 2060. The molecule has 52 heavy (non-hydrogen) atoms. The summed E-state index contributed by atoms with van der Waals surface area (Å²) >= 11 is 2.22. The van der Waals surface area contributed by atoms with Gasteiger partial charge in [-0.3, -0.25) is 23.7 Å². The molecular weight excluding hydrogens is 744 g/mol. The number of alkyl halides is 2. The molecule has 19 heteroatoms. The molecule has 2 aliphatic rings. The van der Waals surface area contributed by atoms with E-state index in [1.165, 1.54) is 40.5 Å². The lowest BCUT2D eigenvalue weighted by Crippen LogP contribution is -2.60. The van der Waals surface area contributed by atoms with Gasteiger partial charge in [-0.05, 0) is 73.5 Å². The van der Waals surface area contributed by atoms with Crippen molar-refractivity contribution < 1.29 is 46.7 Å². The Morgan fingerprint density at radius 1 is 1.10 bits per heavy atom. The summed E-state index contributed by atoms with van der Waals surface area (Å²) in [5, 5.41) is 9.48. The number of thiazole rings is 1. The SMILES string of the molecule is NC(=O)CCC(NC(=O)[C@@H]1CC[C@@H]2CCNC[C@H](NC(=O)c3cc4cc(C(F)(F)P(=O)(O)O)ccc4s3)C(=O)N21)c1ncc(-c2ccc(F)cc2)s1. The van der Waals surface area contributed by atoms with Crippen molar-refractivity contribution in [3.05, 3.63) is 76.0 Å². The average molecular weight is 779 g/mol. The molecule has 4 aromatic rings. The van der Waals surface area contributed by atoms with Gasteiger partial charge >= 0.3 is 13.3 Å². The molecule has 4 heterocycles.